The van der Waals surface area contributed by atoms with E-state index in [1.165, 1.54) is 5.57 Å². The Morgan fingerprint density at radius 1 is 1.67 bits per heavy atom. The van der Waals surface area contributed by atoms with Crippen molar-refractivity contribution in [3.8, 4) is 0 Å². The Labute approximate surface area is 74.2 Å². The van der Waals surface area contributed by atoms with Gasteiger partial charge in [-0.1, -0.05) is 11.6 Å². The minimum atomic E-state index is -0.330. The zero-order chi connectivity index (χ0) is 9.19. The van der Waals surface area contributed by atoms with E-state index in [9.17, 15) is 5.11 Å². The van der Waals surface area contributed by atoms with Gasteiger partial charge in [0, 0.05) is 0 Å². The second-order valence-electron chi connectivity index (χ2n) is 3.85. The molecule has 1 fully saturated rings. The van der Waals surface area contributed by atoms with Crippen LogP contribution in [0.4, 0.5) is 0 Å². The number of hydrogen-bond acceptors (Lipinski definition) is 2. The highest BCUT2D eigenvalue weighted by Gasteiger charge is 2.48. The summed E-state index contributed by atoms with van der Waals surface area (Å²) in [5.41, 5.74) is 1.13. The molecule has 1 N–H and O–H groups in total. The van der Waals surface area contributed by atoms with Crippen LogP contribution in [0.1, 0.15) is 33.6 Å². The summed E-state index contributed by atoms with van der Waals surface area (Å²) >= 11 is 0. The van der Waals surface area contributed by atoms with Gasteiger partial charge >= 0.3 is 0 Å². The van der Waals surface area contributed by atoms with Crippen LogP contribution in [0.25, 0.3) is 0 Å². The number of aliphatic hydroxyl groups is 1. The van der Waals surface area contributed by atoms with Gasteiger partial charge in [-0.15, -0.1) is 0 Å². The van der Waals surface area contributed by atoms with Crippen molar-refractivity contribution in [1.82, 2.24) is 0 Å². The molecule has 2 atom stereocenters. The molecule has 12 heavy (non-hydrogen) atoms. The van der Waals surface area contributed by atoms with Gasteiger partial charge in [0.15, 0.2) is 0 Å². The molecule has 0 spiro atoms. The van der Waals surface area contributed by atoms with E-state index in [2.05, 4.69) is 19.9 Å². The smallest absolute Gasteiger partial charge is 0.117 e. The first-order valence-corrected chi connectivity index (χ1v) is 4.52. The molecule has 1 aliphatic heterocycles. The lowest BCUT2D eigenvalue weighted by Gasteiger charge is -2.13. The van der Waals surface area contributed by atoms with E-state index in [1.54, 1.807) is 6.92 Å². The maximum Gasteiger partial charge on any atom is 0.117 e. The highest BCUT2D eigenvalue weighted by Crippen LogP contribution is 2.35. The van der Waals surface area contributed by atoms with Gasteiger partial charge in [0.25, 0.3) is 0 Å². The average molecular weight is 170 g/mol. The first-order chi connectivity index (χ1) is 5.57. The van der Waals surface area contributed by atoms with Crippen molar-refractivity contribution in [2.24, 2.45) is 0 Å². The highest BCUT2D eigenvalue weighted by atomic mass is 16.6. The predicted molar refractivity (Wildman–Crippen MR) is 49.0 cm³/mol. The number of allylic oxidation sites excluding steroid dienone is 2. The van der Waals surface area contributed by atoms with E-state index in [-0.39, 0.29) is 11.7 Å². The zero-order valence-electron chi connectivity index (χ0n) is 8.13. The Hall–Kier alpha value is -0.340. The monoisotopic (exact) mass is 170 g/mol. The standard InChI is InChI=1S/C10H18O2/c1-8(2)5-4-6-10(7-12-10)9(3)11/h5,9,11H,4,6-7H2,1-3H3. The van der Waals surface area contributed by atoms with Crippen LogP contribution < -0.4 is 0 Å². The van der Waals surface area contributed by atoms with Crippen LogP contribution in [0.2, 0.25) is 0 Å². The molecular weight excluding hydrogens is 152 g/mol. The molecule has 2 unspecified atom stereocenters. The first kappa shape index (κ1) is 9.75. The van der Waals surface area contributed by atoms with Crippen molar-refractivity contribution in [2.45, 2.75) is 45.3 Å². The summed E-state index contributed by atoms with van der Waals surface area (Å²) in [6.07, 6.45) is 3.80. The van der Waals surface area contributed by atoms with Crippen molar-refractivity contribution in [3.63, 3.8) is 0 Å². The molecule has 1 rings (SSSR count). The number of aliphatic hydroxyl groups excluding tert-OH is 1. The third-order valence-electron chi connectivity index (χ3n) is 2.40. The molecule has 1 saturated heterocycles. The van der Waals surface area contributed by atoms with Gasteiger partial charge < -0.3 is 9.84 Å². The van der Waals surface area contributed by atoms with E-state index in [0.717, 1.165) is 19.4 Å². The maximum absolute atomic E-state index is 9.36. The highest BCUT2D eigenvalue weighted by molar-refractivity contribution is 5.01. The zero-order valence-corrected chi connectivity index (χ0v) is 8.13. The van der Waals surface area contributed by atoms with Crippen LogP contribution in [0.15, 0.2) is 11.6 Å². The Bertz CT molecular complexity index is 174. The second-order valence-corrected chi connectivity index (χ2v) is 3.85. The Balaban J connectivity index is 2.28. The van der Waals surface area contributed by atoms with Crippen LogP contribution in [0.3, 0.4) is 0 Å². The number of epoxide rings is 1. The molecule has 2 heteroatoms. The Morgan fingerprint density at radius 3 is 2.58 bits per heavy atom. The molecule has 1 aliphatic rings. The summed E-state index contributed by atoms with van der Waals surface area (Å²) in [5, 5.41) is 9.36. The van der Waals surface area contributed by atoms with Crippen LogP contribution in [0, 0.1) is 0 Å². The van der Waals surface area contributed by atoms with Gasteiger partial charge in [0.2, 0.25) is 0 Å². The maximum atomic E-state index is 9.36. The molecule has 0 aromatic rings. The summed E-state index contributed by atoms with van der Waals surface area (Å²) in [5.74, 6) is 0. The fourth-order valence-electron chi connectivity index (χ4n) is 1.29. The third-order valence-corrected chi connectivity index (χ3v) is 2.40. The van der Waals surface area contributed by atoms with Gasteiger partial charge in [-0.2, -0.15) is 0 Å². The van der Waals surface area contributed by atoms with E-state index < -0.39 is 0 Å². The summed E-state index contributed by atoms with van der Waals surface area (Å²) in [7, 11) is 0. The van der Waals surface area contributed by atoms with Gasteiger partial charge in [0.05, 0.1) is 12.7 Å². The van der Waals surface area contributed by atoms with E-state index in [1.807, 2.05) is 0 Å². The van der Waals surface area contributed by atoms with E-state index >= 15 is 0 Å². The minimum Gasteiger partial charge on any atom is -0.390 e. The normalized spacial score (nSPS) is 29.7. The summed E-state index contributed by atoms with van der Waals surface area (Å²) in [4.78, 5) is 0. The largest absolute Gasteiger partial charge is 0.390 e. The lowest BCUT2D eigenvalue weighted by molar-refractivity contribution is 0.0847. The second kappa shape index (κ2) is 3.58. The number of ether oxygens (including phenoxy) is 1. The lowest BCUT2D eigenvalue weighted by atomic mass is 9.98. The summed E-state index contributed by atoms with van der Waals surface area (Å²) in [6.45, 7) is 6.70. The summed E-state index contributed by atoms with van der Waals surface area (Å²) < 4.78 is 5.26. The van der Waals surface area contributed by atoms with Crippen LogP contribution in [-0.2, 0) is 4.74 Å². The molecule has 0 saturated carbocycles. The van der Waals surface area contributed by atoms with Crippen molar-refractivity contribution < 1.29 is 9.84 Å². The molecule has 0 aromatic carbocycles. The fourth-order valence-corrected chi connectivity index (χ4v) is 1.29. The lowest BCUT2D eigenvalue weighted by Crippen LogP contribution is -2.26. The molecule has 0 bridgehead atoms. The number of rotatable bonds is 4. The van der Waals surface area contributed by atoms with Crippen LogP contribution in [0.5, 0.6) is 0 Å². The average Bonchev–Trinajstić information content (AvgIpc) is 2.68. The van der Waals surface area contributed by atoms with Gasteiger partial charge in [-0.3, -0.25) is 0 Å². The number of hydrogen-bond donors (Lipinski definition) is 1. The van der Waals surface area contributed by atoms with E-state index in [4.69, 9.17) is 4.74 Å². The molecule has 70 valence electrons. The molecule has 0 aromatic heterocycles. The Morgan fingerprint density at radius 2 is 2.25 bits per heavy atom. The molecular formula is C10H18O2. The van der Waals surface area contributed by atoms with Crippen molar-refractivity contribution in [2.75, 3.05) is 6.61 Å². The van der Waals surface area contributed by atoms with Crippen molar-refractivity contribution in [3.05, 3.63) is 11.6 Å². The third kappa shape index (κ3) is 2.32. The van der Waals surface area contributed by atoms with Crippen LogP contribution in [-0.4, -0.2) is 23.4 Å². The van der Waals surface area contributed by atoms with Gasteiger partial charge in [-0.05, 0) is 33.6 Å². The molecule has 0 aliphatic carbocycles. The van der Waals surface area contributed by atoms with Crippen molar-refractivity contribution in [1.29, 1.82) is 0 Å². The minimum absolute atomic E-state index is 0.202. The Kier molecular flexibility index (Phi) is 2.91. The van der Waals surface area contributed by atoms with Gasteiger partial charge in [0.1, 0.15) is 5.60 Å². The topological polar surface area (TPSA) is 32.8 Å². The van der Waals surface area contributed by atoms with Crippen molar-refractivity contribution >= 4 is 0 Å². The van der Waals surface area contributed by atoms with E-state index in [0.29, 0.717) is 0 Å². The SMILES string of the molecule is CC(C)=CCCC1(C(C)O)CO1. The molecule has 0 radical (unpaired) electrons. The predicted octanol–water partition coefficient (Wildman–Crippen LogP) is 1.88. The first-order valence-electron chi connectivity index (χ1n) is 4.52. The molecule has 1 heterocycles. The molecule has 2 nitrogen and oxygen atoms in total. The summed E-state index contributed by atoms with van der Waals surface area (Å²) in [6, 6.07) is 0. The van der Waals surface area contributed by atoms with Crippen LogP contribution >= 0.6 is 0 Å². The fraction of sp³-hybridized carbons (Fsp3) is 0.800. The molecule has 0 amide bonds. The quantitative estimate of drug-likeness (QED) is 0.516. The van der Waals surface area contributed by atoms with Gasteiger partial charge in [-0.25, -0.2) is 0 Å².